The Kier molecular flexibility index (Phi) is 3.34. The van der Waals surface area contributed by atoms with Crippen molar-refractivity contribution < 1.29 is 0 Å². The van der Waals surface area contributed by atoms with Gasteiger partial charge in [0.2, 0.25) is 0 Å². The van der Waals surface area contributed by atoms with Crippen molar-refractivity contribution in [3.8, 4) is 11.1 Å². The maximum atomic E-state index is 6.55. The van der Waals surface area contributed by atoms with Crippen LogP contribution < -0.4 is 11.5 Å². The van der Waals surface area contributed by atoms with E-state index in [1.54, 1.807) is 0 Å². The Labute approximate surface area is 159 Å². The summed E-state index contributed by atoms with van der Waals surface area (Å²) in [6.45, 7) is 0. The molecular formula is C25H20N2. The van der Waals surface area contributed by atoms with Crippen molar-refractivity contribution in [2.24, 2.45) is 0 Å². The van der Waals surface area contributed by atoms with Gasteiger partial charge in [-0.1, -0.05) is 84.9 Å². The van der Waals surface area contributed by atoms with E-state index in [0.717, 1.165) is 22.5 Å². The molecule has 0 radical (unpaired) electrons. The molecule has 1 aliphatic carbocycles. The lowest BCUT2D eigenvalue weighted by molar-refractivity contribution is 0.774. The van der Waals surface area contributed by atoms with E-state index in [1.165, 1.54) is 22.3 Å². The van der Waals surface area contributed by atoms with Crippen LogP contribution in [-0.4, -0.2) is 0 Å². The van der Waals surface area contributed by atoms with Gasteiger partial charge in [0.1, 0.15) is 0 Å². The predicted octanol–water partition coefficient (Wildman–Crippen LogP) is 5.21. The lowest BCUT2D eigenvalue weighted by Crippen LogP contribution is -2.30. The number of hydrogen-bond donors (Lipinski definition) is 2. The first-order valence-electron chi connectivity index (χ1n) is 9.14. The minimum atomic E-state index is -0.524. The Balaban J connectivity index is 2.03. The monoisotopic (exact) mass is 348 g/mol. The van der Waals surface area contributed by atoms with Crippen LogP contribution in [0.1, 0.15) is 22.3 Å². The second-order valence-electron chi connectivity index (χ2n) is 7.02. The van der Waals surface area contributed by atoms with E-state index in [-0.39, 0.29) is 0 Å². The Morgan fingerprint density at radius 3 is 1.15 bits per heavy atom. The molecule has 0 saturated carbocycles. The molecular weight excluding hydrogens is 328 g/mol. The summed E-state index contributed by atoms with van der Waals surface area (Å²) in [6, 6.07) is 33.4. The molecule has 27 heavy (non-hydrogen) atoms. The molecule has 2 nitrogen and oxygen atoms in total. The van der Waals surface area contributed by atoms with E-state index in [4.69, 9.17) is 11.5 Å². The highest BCUT2D eigenvalue weighted by Gasteiger charge is 2.47. The summed E-state index contributed by atoms with van der Waals surface area (Å²) in [5, 5.41) is 0. The number of anilines is 2. The molecule has 0 heterocycles. The van der Waals surface area contributed by atoms with Gasteiger partial charge in [-0.3, -0.25) is 0 Å². The number of nitrogens with two attached hydrogens (primary N) is 2. The van der Waals surface area contributed by atoms with Gasteiger partial charge in [0.25, 0.3) is 0 Å². The summed E-state index contributed by atoms with van der Waals surface area (Å²) < 4.78 is 0. The number of nitrogen functional groups attached to an aromatic ring is 2. The van der Waals surface area contributed by atoms with Gasteiger partial charge in [-0.25, -0.2) is 0 Å². The number of benzene rings is 4. The Morgan fingerprint density at radius 2 is 0.741 bits per heavy atom. The summed E-state index contributed by atoms with van der Waals surface area (Å²) in [6.07, 6.45) is 0. The van der Waals surface area contributed by atoms with Crippen LogP contribution in [-0.2, 0) is 5.41 Å². The fourth-order valence-corrected chi connectivity index (χ4v) is 4.64. The number of fused-ring (bicyclic) bond motifs is 3. The number of hydrogen-bond acceptors (Lipinski definition) is 2. The topological polar surface area (TPSA) is 52.0 Å². The van der Waals surface area contributed by atoms with Crippen molar-refractivity contribution >= 4 is 11.4 Å². The van der Waals surface area contributed by atoms with Crippen LogP contribution in [0.25, 0.3) is 11.1 Å². The molecule has 4 aromatic rings. The summed E-state index contributed by atoms with van der Waals surface area (Å²) in [4.78, 5) is 0. The van der Waals surface area contributed by atoms with Gasteiger partial charge in [-0.15, -0.1) is 0 Å². The zero-order valence-corrected chi connectivity index (χ0v) is 14.9. The molecule has 2 heteroatoms. The standard InChI is InChI=1S/C25H20N2/c26-23-15-7-5-13-21(23)25(22-14-6-8-16-24(22)27)19-11-3-1-9-17(19)18-10-2-4-12-20(18)25/h1-16H,26-27H2. The molecule has 4 N–H and O–H groups in total. The molecule has 0 amide bonds. The largest absolute Gasteiger partial charge is 0.398 e. The zero-order chi connectivity index (χ0) is 18.4. The smallest absolute Gasteiger partial charge is 0.0753 e. The third-order valence-electron chi connectivity index (χ3n) is 5.68. The number of rotatable bonds is 2. The third kappa shape index (κ3) is 2.01. The SMILES string of the molecule is Nc1ccccc1C1(c2ccccc2N)c2ccccc2-c2ccccc21. The minimum Gasteiger partial charge on any atom is -0.398 e. The molecule has 0 aromatic heterocycles. The lowest BCUT2D eigenvalue weighted by Gasteiger charge is -2.35. The summed E-state index contributed by atoms with van der Waals surface area (Å²) in [7, 11) is 0. The fourth-order valence-electron chi connectivity index (χ4n) is 4.64. The molecule has 4 aromatic carbocycles. The van der Waals surface area contributed by atoms with Gasteiger partial charge in [0.15, 0.2) is 0 Å². The first-order chi connectivity index (χ1) is 13.2. The van der Waals surface area contributed by atoms with E-state index in [9.17, 15) is 0 Å². The van der Waals surface area contributed by atoms with Gasteiger partial charge in [-0.05, 0) is 45.5 Å². The van der Waals surface area contributed by atoms with Crippen LogP contribution in [0.3, 0.4) is 0 Å². The maximum absolute atomic E-state index is 6.55. The highest BCUT2D eigenvalue weighted by molar-refractivity contribution is 5.88. The van der Waals surface area contributed by atoms with Gasteiger partial charge in [0, 0.05) is 11.4 Å². The molecule has 0 aliphatic heterocycles. The molecule has 130 valence electrons. The van der Waals surface area contributed by atoms with Crippen LogP contribution in [0.2, 0.25) is 0 Å². The fraction of sp³-hybridized carbons (Fsp3) is 0.0400. The van der Waals surface area contributed by atoms with Crippen molar-refractivity contribution in [3.63, 3.8) is 0 Å². The third-order valence-corrected chi connectivity index (χ3v) is 5.68. The van der Waals surface area contributed by atoms with E-state index in [2.05, 4.69) is 72.8 Å². The predicted molar refractivity (Wildman–Crippen MR) is 113 cm³/mol. The van der Waals surface area contributed by atoms with Crippen LogP contribution in [0.4, 0.5) is 11.4 Å². The van der Waals surface area contributed by atoms with Crippen LogP contribution in [0, 0.1) is 0 Å². The molecule has 1 aliphatic rings. The lowest BCUT2D eigenvalue weighted by atomic mass is 9.66. The highest BCUT2D eigenvalue weighted by atomic mass is 14.6. The maximum Gasteiger partial charge on any atom is 0.0753 e. The average Bonchev–Trinajstić information content (AvgIpc) is 3.00. The van der Waals surface area contributed by atoms with Gasteiger partial charge >= 0.3 is 0 Å². The van der Waals surface area contributed by atoms with Crippen molar-refractivity contribution in [1.29, 1.82) is 0 Å². The van der Waals surface area contributed by atoms with Crippen LogP contribution in [0.15, 0.2) is 97.1 Å². The van der Waals surface area contributed by atoms with E-state index < -0.39 is 5.41 Å². The summed E-state index contributed by atoms with van der Waals surface area (Å²) >= 11 is 0. The van der Waals surface area contributed by atoms with Crippen LogP contribution >= 0.6 is 0 Å². The first-order valence-corrected chi connectivity index (χ1v) is 9.14. The van der Waals surface area contributed by atoms with Crippen molar-refractivity contribution in [2.75, 3.05) is 11.5 Å². The summed E-state index contributed by atoms with van der Waals surface area (Å²) in [5.41, 5.74) is 21.2. The minimum absolute atomic E-state index is 0.524. The van der Waals surface area contributed by atoms with E-state index in [1.807, 2.05) is 24.3 Å². The van der Waals surface area contributed by atoms with Gasteiger partial charge < -0.3 is 11.5 Å². The van der Waals surface area contributed by atoms with Gasteiger partial charge in [-0.2, -0.15) is 0 Å². The molecule has 0 saturated heterocycles. The second-order valence-corrected chi connectivity index (χ2v) is 7.02. The second kappa shape index (κ2) is 5.75. The number of para-hydroxylation sites is 2. The molecule has 0 spiro atoms. The average molecular weight is 348 g/mol. The zero-order valence-electron chi connectivity index (χ0n) is 14.9. The molecule has 0 bridgehead atoms. The quantitative estimate of drug-likeness (QED) is 0.430. The normalized spacial score (nSPS) is 13.8. The van der Waals surface area contributed by atoms with E-state index >= 15 is 0 Å². The van der Waals surface area contributed by atoms with E-state index in [0.29, 0.717) is 0 Å². The molecule has 0 atom stereocenters. The first kappa shape index (κ1) is 15.7. The van der Waals surface area contributed by atoms with Gasteiger partial charge in [0.05, 0.1) is 5.41 Å². The molecule has 0 fully saturated rings. The van der Waals surface area contributed by atoms with Crippen LogP contribution in [0.5, 0.6) is 0 Å². The van der Waals surface area contributed by atoms with Crippen molar-refractivity contribution in [3.05, 3.63) is 119 Å². The Bertz CT molecular complexity index is 1070. The Morgan fingerprint density at radius 1 is 0.407 bits per heavy atom. The van der Waals surface area contributed by atoms with Crippen molar-refractivity contribution in [1.82, 2.24) is 0 Å². The highest BCUT2D eigenvalue weighted by Crippen LogP contribution is 2.57. The molecule has 5 rings (SSSR count). The van der Waals surface area contributed by atoms with Crippen molar-refractivity contribution in [2.45, 2.75) is 5.41 Å². The Hall–Kier alpha value is -3.52. The molecule has 0 unspecified atom stereocenters. The summed E-state index contributed by atoms with van der Waals surface area (Å²) in [5.74, 6) is 0.